The van der Waals surface area contributed by atoms with Gasteiger partial charge in [-0.25, -0.2) is 13.1 Å². The minimum Gasteiger partial charge on any atom is -0.395 e. The fourth-order valence-corrected chi connectivity index (χ4v) is 3.85. The summed E-state index contributed by atoms with van der Waals surface area (Å²) in [6.45, 7) is -0.267. The molecule has 0 amide bonds. The number of hydrogen-bond acceptors (Lipinski definition) is 3. The third kappa shape index (κ3) is 5.10. The van der Waals surface area contributed by atoms with E-state index in [1.807, 2.05) is 30.3 Å². The molecule has 2 N–H and O–H groups in total. The highest BCUT2D eigenvalue weighted by Gasteiger charge is 2.19. The molecule has 22 heavy (non-hydrogen) atoms. The Morgan fingerprint density at radius 2 is 1.68 bits per heavy atom. The first-order chi connectivity index (χ1) is 10.5. The molecular weight excluding hydrogens is 322 g/mol. The van der Waals surface area contributed by atoms with E-state index >= 15 is 0 Å². The summed E-state index contributed by atoms with van der Waals surface area (Å²) in [5.41, 5.74) is 1.50. The van der Waals surface area contributed by atoms with Crippen LogP contribution in [0.1, 0.15) is 11.1 Å². The fraction of sp³-hybridized carbons (Fsp3) is 0.250. The summed E-state index contributed by atoms with van der Waals surface area (Å²) in [6, 6.07) is 15.7. The van der Waals surface area contributed by atoms with E-state index in [1.165, 1.54) is 0 Å². The molecule has 0 fully saturated rings. The third-order valence-electron chi connectivity index (χ3n) is 3.19. The SMILES string of the molecule is O=S(=O)(Cc1ccccc1Cl)N[C@H](CO)Cc1ccccc1. The molecule has 0 saturated heterocycles. The number of halogens is 1. The van der Waals surface area contributed by atoms with E-state index in [-0.39, 0.29) is 12.4 Å². The van der Waals surface area contributed by atoms with Crippen molar-refractivity contribution in [2.75, 3.05) is 6.61 Å². The van der Waals surface area contributed by atoms with Crippen LogP contribution < -0.4 is 4.72 Å². The second-order valence-electron chi connectivity index (χ2n) is 5.04. The van der Waals surface area contributed by atoms with Gasteiger partial charge in [0.2, 0.25) is 10.0 Å². The molecule has 2 aromatic carbocycles. The zero-order chi connectivity index (χ0) is 16.0. The summed E-state index contributed by atoms with van der Waals surface area (Å²) in [4.78, 5) is 0. The Labute approximate surface area is 135 Å². The molecule has 0 aliphatic rings. The number of aliphatic hydroxyl groups excluding tert-OH is 1. The van der Waals surface area contributed by atoms with Crippen molar-refractivity contribution >= 4 is 21.6 Å². The Kier molecular flexibility index (Phi) is 5.97. The summed E-state index contributed by atoms with van der Waals surface area (Å²) >= 11 is 5.99. The van der Waals surface area contributed by atoms with Gasteiger partial charge in [-0.2, -0.15) is 0 Å². The van der Waals surface area contributed by atoms with Crippen molar-refractivity contribution in [3.63, 3.8) is 0 Å². The van der Waals surface area contributed by atoms with Gasteiger partial charge in [-0.1, -0.05) is 60.1 Å². The van der Waals surface area contributed by atoms with E-state index in [4.69, 9.17) is 11.6 Å². The molecule has 1 atom stereocenters. The predicted molar refractivity (Wildman–Crippen MR) is 88.2 cm³/mol. The molecule has 4 nitrogen and oxygen atoms in total. The number of benzene rings is 2. The summed E-state index contributed by atoms with van der Waals surface area (Å²) in [5, 5.41) is 9.83. The number of aliphatic hydroxyl groups is 1. The molecule has 0 saturated carbocycles. The minimum atomic E-state index is -3.58. The lowest BCUT2D eigenvalue weighted by molar-refractivity contribution is 0.256. The molecule has 0 aromatic heterocycles. The molecule has 0 unspecified atom stereocenters. The van der Waals surface area contributed by atoms with Gasteiger partial charge in [0.15, 0.2) is 0 Å². The number of sulfonamides is 1. The Morgan fingerprint density at radius 1 is 1.05 bits per heavy atom. The van der Waals surface area contributed by atoms with Crippen molar-refractivity contribution in [2.45, 2.75) is 18.2 Å². The van der Waals surface area contributed by atoms with E-state index in [0.717, 1.165) is 5.56 Å². The van der Waals surface area contributed by atoms with E-state index in [0.29, 0.717) is 17.0 Å². The van der Waals surface area contributed by atoms with Gasteiger partial charge in [0.1, 0.15) is 0 Å². The van der Waals surface area contributed by atoms with Gasteiger partial charge < -0.3 is 5.11 Å². The van der Waals surface area contributed by atoms with E-state index in [2.05, 4.69) is 4.72 Å². The normalized spacial score (nSPS) is 13.0. The Morgan fingerprint density at radius 3 is 2.32 bits per heavy atom. The van der Waals surface area contributed by atoms with Crippen LogP contribution in [0.5, 0.6) is 0 Å². The van der Waals surface area contributed by atoms with E-state index in [1.54, 1.807) is 24.3 Å². The third-order valence-corrected chi connectivity index (χ3v) is 4.95. The van der Waals surface area contributed by atoms with Crippen LogP contribution >= 0.6 is 11.6 Å². The van der Waals surface area contributed by atoms with Crippen molar-refractivity contribution < 1.29 is 13.5 Å². The summed E-state index contributed by atoms with van der Waals surface area (Å²) in [6.07, 6.45) is 0.430. The maximum Gasteiger partial charge on any atom is 0.216 e. The average molecular weight is 340 g/mol. The summed E-state index contributed by atoms with van der Waals surface area (Å²) in [5.74, 6) is -0.210. The summed E-state index contributed by atoms with van der Waals surface area (Å²) < 4.78 is 27.0. The second-order valence-corrected chi connectivity index (χ2v) is 7.20. The maximum absolute atomic E-state index is 12.2. The average Bonchev–Trinajstić information content (AvgIpc) is 2.49. The Hall–Kier alpha value is -1.40. The monoisotopic (exact) mass is 339 g/mol. The molecule has 0 heterocycles. The first-order valence-corrected chi connectivity index (χ1v) is 8.91. The second kappa shape index (κ2) is 7.74. The Balaban J connectivity index is 2.04. The quantitative estimate of drug-likeness (QED) is 0.813. The van der Waals surface area contributed by atoms with Crippen molar-refractivity contribution in [2.24, 2.45) is 0 Å². The molecule has 2 aromatic rings. The standard InChI is InChI=1S/C16H18ClNO3S/c17-16-9-5-4-8-14(16)12-22(20,21)18-15(11-19)10-13-6-2-1-3-7-13/h1-9,15,18-19H,10-12H2/t15-/m0/s1. The van der Waals surface area contributed by atoms with Crippen LogP contribution in [-0.2, 0) is 22.2 Å². The summed E-state index contributed by atoms with van der Waals surface area (Å²) in [7, 11) is -3.58. The molecular formula is C16H18ClNO3S. The smallest absolute Gasteiger partial charge is 0.216 e. The van der Waals surface area contributed by atoms with Gasteiger partial charge in [-0.15, -0.1) is 0 Å². The van der Waals surface area contributed by atoms with Crippen LogP contribution in [0.3, 0.4) is 0 Å². The molecule has 118 valence electrons. The number of rotatable bonds is 7. The highest BCUT2D eigenvalue weighted by atomic mass is 35.5. The van der Waals surface area contributed by atoms with Gasteiger partial charge in [0.05, 0.1) is 12.4 Å². The van der Waals surface area contributed by atoms with Gasteiger partial charge in [-0.3, -0.25) is 0 Å². The molecule has 0 aliphatic heterocycles. The van der Waals surface area contributed by atoms with Crippen molar-refractivity contribution in [1.82, 2.24) is 4.72 Å². The highest BCUT2D eigenvalue weighted by Crippen LogP contribution is 2.17. The highest BCUT2D eigenvalue weighted by molar-refractivity contribution is 7.88. The van der Waals surface area contributed by atoms with Crippen LogP contribution in [0.2, 0.25) is 5.02 Å². The molecule has 0 aliphatic carbocycles. The van der Waals surface area contributed by atoms with Gasteiger partial charge in [-0.05, 0) is 23.6 Å². The Bertz CT molecular complexity index is 704. The first kappa shape index (κ1) is 17.0. The van der Waals surface area contributed by atoms with Gasteiger partial charge in [0, 0.05) is 11.1 Å². The maximum atomic E-state index is 12.2. The van der Waals surface area contributed by atoms with Crippen LogP contribution in [0.15, 0.2) is 54.6 Å². The predicted octanol–water partition coefficient (Wildman–Crippen LogP) is 2.36. The fourth-order valence-electron chi connectivity index (χ4n) is 2.16. The lowest BCUT2D eigenvalue weighted by Gasteiger charge is -2.17. The zero-order valence-electron chi connectivity index (χ0n) is 11.9. The van der Waals surface area contributed by atoms with E-state index < -0.39 is 16.1 Å². The van der Waals surface area contributed by atoms with Gasteiger partial charge >= 0.3 is 0 Å². The van der Waals surface area contributed by atoms with Gasteiger partial charge in [0.25, 0.3) is 0 Å². The molecule has 0 radical (unpaired) electrons. The first-order valence-electron chi connectivity index (χ1n) is 6.88. The van der Waals surface area contributed by atoms with Crippen LogP contribution in [0, 0.1) is 0 Å². The van der Waals surface area contributed by atoms with Crippen molar-refractivity contribution in [3.8, 4) is 0 Å². The van der Waals surface area contributed by atoms with E-state index in [9.17, 15) is 13.5 Å². The van der Waals surface area contributed by atoms with Crippen LogP contribution in [0.4, 0.5) is 0 Å². The molecule has 0 bridgehead atoms. The lowest BCUT2D eigenvalue weighted by Crippen LogP contribution is -2.39. The topological polar surface area (TPSA) is 66.4 Å². The molecule has 0 spiro atoms. The minimum absolute atomic E-state index is 0.210. The number of hydrogen-bond donors (Lipinski definition) is 2. The van der Waals surface area contributed by atoms with Crippen molar-refractivity contribution in [1.29, 1.82) is 0 Å². The largest absolute Gasteiger partial charge is 0.395 e. The van der Waals surface area contributed by atoms with Crippen molar-refractivity contribution in [3.05, 3.63) is 70.7 Å². The zero-order valence-corrected chi connectivity index (χ0v) is 13.5. The van der Waals surface area contributed by atoms with Crippen LogP contribution in [0.25, 0.3) is 0 Å². The van der Waals surface area contributed by atoms with Crippen LogP contribution in [-0.4, -0.2) is 26.2 Å². The number of nitrogens with one attached hydrogen (secondary N) is 1. The molecule has 2 rings (SSSR count). The lowest BCUT2D eigenvalue weighted by atomic mass is 10.1. The molecule has 6 heteroatoms.